The van der Waals surface area contributed by atoms with Gasteiger partial charge >= 0.3 is 5.97 Å². The third kappa shape index (κ3) is 3.92. The molecule has 4 fully saturated rings. The Labute approximate surface area is 201 Å². The molecule has 4 heteroatoms. The van der Waals surface area contributed by atoms with E-state index in [0.717, 1.165) is 57.8 Å². The zero-order valence-corrected chi connectivity index (χ0v) is 22.0. The van der Waals surface area contributed by atoms with Gasteiger partial charge in [-0.25, -0.2) is 0 Å². The average Bonchev–Trinajstić information content (AvgIpc) is 2.85. The van der Waals surface area contributed by atoms with Crippen LogP contribution in [0.4, 0.5) is 0 Å². The SMILES string of the molecule is C=C1CC[C@H]2C(C)(C)[C@@H](O)CC[C@]2(C)[C@H]1CC[C@H]1OC(=O)CC[C@H]2C(C)(C)[C@@H](O)CC[C@]12C. The Kier molecular flexibility index (Phi) is 6.39. The predicted molar refractivity (Wildman–Crippen MR) is 131 cm³/mol. The zero-order chi connectivity index (χ0) is 24.4. The number of ether oxygens (including phenoxy) is 1. The Morgan fingerprint density at radius 2 is 1.33 bits per heavy atom. The smallest absolute Gasteiger partial charge is 0.306 e. The summed E-state index contributed by atoms with van der Waals surface area (Å²) in [4.78, 5) is 12.7. The number of aliphatic hydroxyl groups excluding tert-OH is 2. The van der Waals surface area contributed by atoms with Crippen LogP contribution in [0.5, 0.6) is 0 Å². The van der Waals surface area contributed by atoms with Crippen molar-refractivity contribution >= 4 is 5.97 Å². The second-order valence-electron chi connectivity index (χ2n) is 13.7. The second kappa shape index (κ2) is 8.36. The lowest BCUT2D eigenvalue weighted by atomic mass is 9.46. The van der Waals surface area contributed by atoms with Gasteiger partial charge in [-0.2, -0.15) is 0 Å². The summed E-state index contributed by atoms with van der Waals surface area (Å²) < 4.78 is 6.18. The number of carbonyl (C=O) groups is 1. The highest BCUT2D eigenvalue weighted by molar-refractivity contribution is 5.70. The number of aliphatic hydroxyl groups is 2. The highest BCUT2D eigenvalue weighted by Crippen LogP contribution is 2.63. The summed E-state index contributed by atoms with van der Waals surface area (Å²) in [6, 6.07) is 0. The summed E-state index contributed by atoms with van der Waals surface area (Å²) in [5.74, 6) is 1.07. The van der Waals surface area contributed by atoms with Crippen molar-refractivity contribution in [2.45, 2.75) is 124 Å². The Hall–Kier alpha value is -0.870. The van der Waals surface area contributed by atoms with Crippen molar-refractivity contribution in [3.63, 3.8) is 0 Å². The standard InChI is InChI=1S/C29H48O4/c1-18-8-10-20-26(2,3)22(30)14-16-28(20,6)19(18)9-12-24-29(7)17-15-23(31)27(4,5)21(29)11-13-25(32)33-24/h19-24,30-31H,1,8-17H2,2-7H3/t19-,20-,21-,22-,23-,24+,28+,29-/m0/s1. The van der Waals surface area contributed by atoms with Crippen LogP contribution < -0.4 is 0 Å². The van der Waals surface area contributed by atoms with Crippen molar-refractivity contribution in [1.82, 2.24) is 0 Å². The molecule has 3 aliphatic carbocycles. The van der Waals surface area contributed by atoms with Crippen molar-refractivity contribution in [1.29, 1.82) is 0 Å². The van der Waals surface area contributed by atoms with Crippen LogP contribution in [0.15, 0.2) is 12.2 Å². The number of fused-ring (bicyclic) bond motifs is 2. The van der Waals surface area contributed by atoms with E-state index in [1.165, 1.54) is 5.57 Å². The van der Waals surface area contributed by atoms with Crippen molar-refractivity contribution in [2.24, 2.45) is 39.4 Å². The quantitative estimate of drug-likeness (QED) is 0.398. The molecule has 0 aromatic carbocycles. The number of esters is 1. The second-order valence-corrected chi connectivity index (χ2v) is 13.7. The van der Waals surface area contributed by atoms with Crippen LogP contribution in [0, 0.1) is 39.4 Å². The lowest BCUT2D eigenvalue weighted by molar-refractivity contribution is -0.167. The van der Waals surface area contributed by atoms with Gasteiger partial charge in [-0.1, -0.05) is 53.7 Å². The van der Waals surface area contributed by atoms with Gasteiger partial charge in [0, 0.05) is 11.8 Å². The van der Waals surface area contributed by atoms with E-state index in [9.17, 15) is 15.0 Å². The fourth-order valence-corrected chi connectivity index (χ4v) is 9.18. The van der Waals surface area contributed by atoms with E-state index in [0.29, 0.717) is 18.3 Å². The molecule has 1 saturated heterocycles. The maximum atomic E-state index is 12.7. The van der Waals surface area contributed by atoms with Gasteiger partial charge < -0.3 is 14.9 Å². The topological polar surface area (TPSA) is 66.8 Å². The van der Waals surface area contributed by atoms with Crippen LogP contribution in [0.25, 0.3) is 0 Å². The van der Waals surface area contributed by atoms with Crippen LogP contribution in [0.1, 0.15) is 106 Å². The van der Waals surface area contributed by atoms with Crippen molar-refractivity contribution in [3.05, 3.63) is 12.2 Å². The van der Waals surface area contributed by atoms with Gasteiger partial charge in [0.1, 0.15) is 6.10 Å². The molecule has 2 N–H and O–H groups in total. The molecule has 3 saturated carbocycles. The summed E-state index contributed by atoms with van der Waals surface area (Å²) in [6.45, 7) is 18.1. The van der Waals surface area contributed by atoms with Gasteiger partial charge in [-0.3, -0.25) is 4.79 Å². The van der Waals surface area contributed by atoms with E-state index >= 15 is 0 Å². The summed E-state index contributed by atoms with van der Waals surface area (Å²) in [6.07, 6.45) is 8.16. The number of hydrogen-bond acceptors (Lipinski definition) is 4. The molecule has 8 atom stereocenters. The third-order valence-electron chi connectivity index (χ3n) is 11.4. The van der Waals surface area contributed by atoms with Gasteiger partial charge in [-0.05, 0) is 91.8 Å². The van der Waals surface area contributed by atoms with E-state index in [2.05, 4.69) is 48.1 Å². The number of cyclic esters (lactones) is 1. The molecule has 0 aromatic heterocycles. The van der Waals surface area contributed by atoms with Crippen LogP contribution in [0.2, 0.25) is 0 Å². The third-order valence-corrected chi connectivity index (χ3v) is 11.4. The predicted octanol–water partition coefficient (Wildman–Crippen LogP) is 6.05. The molecule has 33 heavy (non-hydrogen) atoms. The summed E-state index contributed by atoms with van der Waals surface area (Å²) >= 11 is 0. The first-order chi connectivity index (χ1) is 15.2. The Morgan fingerprint density at radius 3 is 1.94 bits per heavy atom. The van der Waals surface area contributed by atoms with Crippen LogP contribution in [-0.2, 0) is 9.53 Å². The first-order valence-corrected chi connectivity index (χ1v) is 13.5. The maximum Gasteiger partial charge on any atom is 0.306 e. The number of rotatable bonds is 3. The molecule has 4 nitrogen and oxygen atoms in total. The molecule has 1 heterocycles. The van der Waals surface area contributed by atoms with Crippen molar-refractivity contribution in [3.8, 4) is 0 Å². The largest absolute Gasteiger partial charge is 0.462 e. The first kappa shape index (κ1) is 25.2. The molecule has 0 unspecified atom stereocenters. The number of allylic oxidation sites excluding steroid dienone is 1. The van der Waals surface area contributed by atoms with Gasteiger partial charge in [0.05, 0.1) is 12.2 Å². The van der Waals surface area contributed by atoms with Crippen LogP contribution in [0.3, 0.4) is 0 Å². The maximum absolute atomic E-state index is 12.7. The summed E-state index contributed by atoms with van der Waals surface area (Å²) in [5.41, 5.74) is 1.08. The lowest BCUT2D eigenvalue weighted by Crippen LogP contribution is -2.55. The van der Waals surface area contributed by atoms with E-state index in [-0.39, 0.29) is 51.9 Å². The van der Waals surface area contributed by atoms with Gasteiger partial charge in [0.25, 0.3) is 0 Å². The molecule has 0 radical (unpaired) electrons. The molecule has 188 valence electrons. The molecule has 0 amide bonds. The normalized spacial score (nSPS) is 47.2. The fourth-order valence-electron chi connectivity index (χ4n) is 9.18. The molecule has 1 aliphatic heterocycles. The monoisotopic (exact) mass is 460 g/mol. The number of carbonyl (C=O) groups excluding carboxylic acids is 1. The Morgan fingerprint density at radius 1 is 0.818 bits per heavy atom. The van der Waals surface area contributed by atoms with E-state index in [1.807, 2.05) is 0 Å². The minimum Gasteiger partial charge on any atom is -0.462 e. The molecule has 4 rings (SSSR count). The number of hydrogen-bond donors (Lipinski definition) is 2. The highest BCUT2D eigenvalue weighted by atomic mass is 16.5. The Balaban J connectivity index is 1.59. The molecule has 4 aliphatic rings. The van der Waals surface area contributed by atoms with Gasteiger partial charge in [0.15, 0.2) is 0 Å². The molecular formula is C29H48O4. The molecule has 0 aromatic rings. The molecular weight excluding hydrogens is 412 g/mol. The molecule has 0 spiro atoms. The van der Waals surface area contributed by atoms with E-state index in [4.69, 9.17) is 4.74 Å². The Bertz CT molecular complexity index is 784. The molecule has 0 bridgehead atoms. The van der Waals surface area contributed by atoms with E-state index < -0.39 is 0 Å². The van der Waals surface area contributed by atoms with E-state index in [1.54, 1.807) is 0 Å². The van der Waals surface area contributed by atoms with Gasteiger partial charge in [0.2, 0.25) is 0 Å². The lowest BCUT2D eigenvalue weighted by Gasteiger charge is -2.60. The minimum atomic E-state index is -0.321. The zero-order valence-electron chi connectivity index (χ0n) is 22.0. The van der Waals surface area contributed by atoms with Crippen molar-refractivity contribution in [2.75, 3.05) is 0 Å². The summed E-state index contributed by atoms with van der Waals surface area (Å²) in [5, 5.41) is 21.5. The van der Waals surface area contributed by atoms with Gasteiger partial charge in [-0.15, -0.1) is 0 Å². The highest BCUT2D eigenvalue weighted by Gasteiger charge is 2.58. The van der Waals surface area contributed by atoms with Crippen LogP contribution >= 0.6 is 0 Å². The minimum absolute atomic E-state index is 0.0746. The average molecular weight is 461 g/mol. The first-order valence-electron chi connectivity index (χ1n) is 13.5. The van der Waals surface area contributed by atoms with Crippen LogP contribution in [-0.4, -0.2) is 34.5 Å². The summed E-state index contributed by atoms with van der Waals surface area (Å²) in [7, 11) is 0. The van der Waals surface area contributed by atoms with Crippen molar-refractivity contribution < 1.29 is 19.7 Å². The fraction of sp³-hybridized carbons (Fsp3) is 0.897.